The molecule has 1 aliphatic rings. The molecule has 3 aromatic rings. The summed E-state index contributed by atoms with van der Waals surface area (Å²) in [6, 6.07) is 3.59. The van der Waals surface area contributed by atoms with Crippen molar-refractivity contribution in [2.24, 2.45) is 7.05 Å². The quantitative estimate of drug-likeness (QED) is 0.729. The van der Waals surface area contributed by atoms with Crippen molar-refractivity contribution in [2.75, 3.05) is 0 Å². The van der Waals surface area contributed by atoms with E-state index in [0.717, 1.165) is 18.6 Å². The Bertz CT molecular complexity index is 995. The average molecular weight is 341 g/mol. The summed E-state index contributed by atoms with van der Waals surface area (Å²) >= 11 is 0. The van der Waals surface area contributed by atoms with Gasteiger partial charge in [-0.1, -0.05) is 0 Å². The molecule has 25 heavy (non-hydrogen) atoms. The molecule has 0 spiro atoms. The van der Waals surface area contributed by atoms with Crippen molar-refractivity contribution >= 4 is 17.0 Å². The minimum Gasteiger partial charge on any atom is -0.467 e. The van der Waals surface area contributed by atoms with E-state index in [0.29, 0.717) is 11.3 Å². The van der Waals surface area contributed by atoms with Crippen LogP contribution in [0.2, 0.25) is 0 Å². The van der Waals surface area contributed by atoms with Crippen molar-refractivity contribution in [1.82, 2.24) is 14.5 Å². The smallest absolute Gasteiger partial charge is 0.265 e. The Kier molecular flexibility index (Phi) is 3.52. The standard InChI is InChI=1S/C18H19N3O4/c1-10(13-5-4-8-24-13)21(12-6-7-12)18(23)14-11(2)25-16-15(14)17(22)20(3)9-19-16/h4-5,8-10,12H,6-7H2,1-3H3. The number of fused-ring (bicyclic) bond motifs is 1. The van der Waals surface area contributed by atoms with Crippen LogP contribution in [0.4, 0.5) is 0 Å². The summed E-state index contributed by atoms with van der Waals surface area (Å²) in [5.74, 6) is 0.914. The molecule has 7 nitrogen and oxygen atoms in total. The summed E-state index contributed by atoms with van der Waals surface area (Å²) < 4.78 is 12.4. The van der Waals surface area contributed by atoms with E-state index in [1.54, 1.807) is 31.2 Å². The molecule has 3 heterocycles. The van der Waals surface area contributed by atoms with Gasteiger partial charge >= 0.3 is 0 Å². The fraction of sp³-hybridized carbons (Fsp3) is 0.389. The predicted molar refractivity (Wildman–Crippen MR) is 90.3 cm³/mol. The van der Waals surface area contributed by atoms with Crippen LogP contribution in [0.15, 0.2) is 38.4 Å². The Morgan fingerprint density at radius 2 is 2.20 bits per heavy atom. The molecule has 130 valence electrons. The first-order valence-corrected chi connectivity index (χ1v) is 8.30. The third-order valence-corrected chi connectivity index (χ3v) is 4.71. The monoisotopic (exact) mass is 341 g/mol. The molecule has 0 bridgehead atoms. The highest BCUT2D eigenvalue weighted by molar-refractivity contribution is 6.06. The van der Waals surface area contributed by atoms with E-state index in [1.165, 1.54) is 10.9 Å². The fourth-order valence-corrected chi connectivity index (χ4v) is 3.25. The molecule has 3 aromatic heterocycles. The zero-order chi connectivity index (χ0) is 17.7. The number of furan rings is 2. The molecule has 1 atom stereocenters. The second-order valence-corrected chi connectivity index (χ2v) is 6.51. The van der Waals surface area contributed by atoms with Gasteiger partial charge in [-0.2, -0.15) is 0 Å². The summed E-state index contributed by atoms with van der Waals surface area (Å²) in [7, 11) is 1.61. The van der Waals surface area contributed by atoms with E-state index in [9.17, 15) is 9.59 Å². The van der Waals surface area contributed by atoms with Gasteiger partial charge in [-0.3, -0.25) is 9.59 Å². The molecular weight excluding hydrogens is 322 g/mol. The third kappa shape index (κ3) is 2.47. The lowest BCUT2D eigenvalue weighted by atomic mass is 10.1. The van der Waals surface area contributed by atoms with Crippen LogP contribution in [0.1, 0.15) is 47.7 Å². The SMILES string of the molecule is Cc1oc2ncn(C)c(=O)c2c1C(=O)N(C1CC1)C(C)c1ccco1. The number of aryl methyl sites for hydroxylation is 2. The number of carbonyl (C=O) groups is 1. The Morgan fingerprint density at radius 3 is 2.84 bits per heavy atom. The van der Waals surface area contributed by atoms with Crippen LogP contribution < -0.4 is 5.56 Å². The van der Waals surface area contributed by atoms with Gasteiger partial charge in [0.25, 0.3) is 11.5 Å². The maximum absolute atomic E-state index is 13.4. The molecule has 0 N–H and O–H groups in total. The highest BCUT2D eigenvalue weighted by Gasteiger charge is 2.39. The van der Waals surface area contributed by atoms with Crippen LogP contribution in [0.5, 0.6) is 0 Å². The third-order valence-electron chi connectivity index (χ3n) is 4.71. The number of amides is 1. The zero-order valence-electron chi connectivity index (χ0n) is 14.4. The van der Waals surface area contributed by atoms with Gasteiger partial charge in [0, 0.05) is 13.1 Å². The zero-order valence-corrected chi connectivity index (χ0v) is 14.4. The average Bonchev–Trinajstić information content (AvgIpc) is 3.13. The normalized spacial score (nSPS) is 15.5. The van der Waals surface area contributed by atoms with Crippen molar-refractivity contribution in [2.45, 2.75) is 38.8 Å². The molecule has 0 saturated heterocycles. The van der Waals surface area contributed by atoms with E-state index < -0.39 is 0 Å². The van der Waals surface area contributed by atoms with E-state index in [2.05, 4.69) is 4.98 Å². The molecule has 0 radical (unpaired) electrons. The van der Waals surface area contributed by atoms with Crippen LogP contribution in [0.25, 0.3) is 11.1 Å². The van der Waals surface area contributed by atoms with Gasteiger partial charge in [0.15, 0.2) is 0 Å². The lowest BCUT2D eigenvalue weighted by molar-refractivity contribution is 0.0652. The Labute approximate surface area is 143 Å². The molecule has 1 unspecified atom stereocenters. The minimum absolute atomic E-state index is 0.150. The van der Waals surface area contributed by atoms with Crippen molar-refractivity contribution in [3.63, 3.8) is 0 Å². The molecule has 1 fully saturated rings. The first kappa shape index (κ1) is 15.7. The van der Waals surface area contributed by atoms with Gasteiger partial charge in [-0.15, -0.1) is 0 Å². The Morgan fingerprint density at radius 1 is 1.44 bits per heavy atom. The molecule has 0 aromatic carbocycles. The lowest BCUT2D eigenvalue weighted by Gasteiger charge is -2.28. The van der Waals surface area contributed by atoms with Crippen molar-refractivity contribution < 1.29 is 13.6 Å². The van der Waals surface area contributed by atoms with Crippen LogP contribution in [-0.2, 0) is 7.05 Å². The topological polar surface area (TPSA) is 81.5 Å². The maximum atomic E-state index is 13.4. The highest BCUT2D eigenvalue weighted by atomic mass is 16.3. The number of hydrogen-bond acceptors (Lipinski definition) is 5. The minimum atomic E-state index is -0.286. The van der Waals surface area contributed by atoms with Gasteiger partial charge in [0.2, 0.25) is 5.71 Å². The van der Waals surface area contributed by atoms with Crippen LogP contribution in [0, 0.1) is 6.92 Å². The van der Waals surface area contributed by atoms with Crippen LogP contribution in [0.3, 0.4) is 0 Å². The van der Waals surface area contributed by atoms with E-state index >= 15 is 0 Å². The predicted octanol–water partition coefficient (Wildman–Crippen LogP) is 2.79. The summed E-state index contributed by atoms with van der Waals surface area (Å²) in [5, 5.41) is 0.241. The van der Waals surface area contributed by atoms with Gasteiger partial charge in [-0.25, -0.2) is 4.98 Å². The van der Waals surface area contributed by atoms with Crippen molar-refractivity contribution in [1.29, 1.82) is 0 Å². The van der Waals surface area contributed by atoms with Crippen molar-refractivity contribution in [3.8, 4) is 0 Å². The van der Waals surface area contributed by atoms with Gasteiger partial charge in [0.05, 0.1) is 17.9 Å². The largest absolute Gasteiger partial charge is 0.467 e. The van der Waals surface area contributed by atoms with Crippen LogP contribution >= 0.6 is 0 Å². The second kappa shape index (κ2) is 5.61. The Hall–Kier alpha value is -2.83. The van der Waals surface area contributed by atoms with Crippen molar-refractivity contribution in [3.05, 3.63) is 52.2 Å². The molecule has 4 rings (SSSR count). The number of nitrogens with zero attached hydrogens (tertiary/aromatic N) is 3. The van der Waals surface area contributed by atoms with Gasteiger partial charge in [0.1, 0.15) is 23.2 Å². The maximum Gasteiger partial charge on any atom is 0.265 e. The first-order valence-electron chi connectivity index (χ1n) is 8.30. The number of rotatable bonds is 4. The summed E-state index contributed by atoms with van der Waals surface area (Å²) in [6.07, 6.45) is 4.88. The molecule has 0 aliphatic heterocycles. The molecule has 1 amide bonds. The van der Waals surface area contributed by atoms with E-state index in [4.69, 9.17) is 8.83 Å². The van der Waals surface area contributed by atoms with Crippen LogP contribution in [-0.4, -0.2) is 26.4 Å². The van der Waals surface area contributed by atoms with E-state index in [-0.39, 0.29) is 34.6 Å². The van der Waals surface area contributed by atoms with Gasteiger partial charge < -0.3 is 18.3 Å². The lowest BCUT2D eigenvalue weighted by Crippen LogP contribution is -2.36. The molecule has 7 heteroatoms. The Balaban J connectivity index is 1.84. The summed E-state index contributed by atoms with van der Waals surface area (Å²) in [5.41, 5.74) is 0.214. The fourth-order valence-electron chi connectivity index (χ4n) is 3.25. The first-order chi connectivity index (χ1) is 12.0. The molecule has 1 saturated carbocycles. The summed E-state index contributed by atoms with van der Waals surface area (Å²) in [4.78, 5) is 31.8. The highest BCUT2D eigenvalue weighted by Crippen LogP contribution is 2.37. The number of hydrogen-bond donors (Lipinski definition) is 0. The second-order valence-electron chi connectivity index (χ2n) is 6.51. The number of carbonyl (C=O) groups excluding carboxylic acids is 1. The molecule has 1 aliphatic carbocycles. The van der Waals surface area contributed by atoms with Gasteiger partial charge in [-0.05, 0) is 38.8 Å². The summed E-state index contributed by atoms with van der Waals surface area (Å²) in [6.45, 7) is 3.63. The van der Waals surface area contributed by atoms with E-state index in [1.807, 2.05) is 13.0 Å². The molecular formula is C18H19N3O4. The number of aromatic nitrogens is 2.